The Bertz CT molecular complexity index is 619. The molecule has 0 saturated heterocycles. The monoisotopic (exact) mass is 319 g/mol. The SMILES string of the molecule is Cc1cc(C)cc(NC(=O)[C@@H](C)Sc2ccc(Cl)cc2)c1. The van der Waals surface area contributed by atoms with Crippen molar-refractivity contribution in [2.24, 2.45) is 0 Å². The minimum absolute atomic E-state index is 0.0000463. The van der Waals surface area contributed by atoms with Crippen molar-refractivity contribution in [2.45, 2.75) is 30.9 Å². The molecule has 0 aliphatic carbocycles. The van der Waals surface area contributed by atoms with Gasteiger partial charge in [-0.15, -0.1) is 11.8 Å². The van der Waals surface area contributed by atoms with Crippen molar-refractivity contribution < 1.29 is 4.79 Å². The minimum atomic E-state index is -0.174. The van der Waals surface area contributed by atoms with E-state index in [4.69, 9.17) is 11.6 Å². The Morgan fingerprint density at radius 2 is 1.67 bits per heavy atom. The highest BCUT2D eigenvalue weighted by molar-refractivity contribution is 8.00. The number of halogens is 1. The third-order valence-corrected chi connectivity index (χ3v) is 4.35. The van der Waals surface area contributed by atoms with E-state index in [1.54, 1.807) is 0 Å². The van der Waals surface area contributed by atoms with E-state index in [0.29, 0.717) is 5.02 Å². The number of nitrogens with one attached hydrogen (secondary N) is 1. The molecule has 0 aliphatic rings. The van der Waals surface area contributed by atoms with Gasteiger partial charge in [-0.2, -0.15) is 0 Å². The molecule has 2 aromatic carbocycles. The molecular weight excluding hydrogens is 302 g/mol. The minimum Gasteiger partial charge on any atom is -0.325 e. The highest BCUT2D eigenvalue weighted by atomic mass is 35.5. The normalized spacial score (nSPS) is 12.0. The standard InChI is InChI=1S/C17H18ClNOS/c1-11-8-12(2)10-15(9-11)19-17(20)13(3)21-16-6-4-14(18)5-7-16/h4-10,13H,1-3H3,(H,19,20)/t13-/m1/s1. The van der Waals surface area contributed by atoms with Crippen LogP contribution in [0.4, 0.5) is 5.69 Å². The molecule has 0 spiro atoms. The summed E-state index contributed by atoms with van der Waals surface area (Å²) < 4.78 is 0. The highest BCUT2D eigenvalue weighted by Crippen LogP contribution is 2.25. The second-order valence-electron chi connectivity index (χ2n) is 5.08. The van der Waals surface area contributed by atoms with Gasteiger partial charge in [0.2, 0.25) is 5.91 Å². The van der Waals surface area contributed by atoms with Gasteiger partial charge in [-0.25, -0.2) is 0 Å². The number of amides is 1. The first-order chi connectivity index (χ1) is 9.94. The summed E-state index contributed by atoms with van der Waals surface area (Å²) in [5.41, 5.74) is 3.13. The van der Waals surface area contributed by atoms with E-state index < -0.39 is 0 Å². The Labute approximate surface area is 134 Å². The zero-order chi connectivity index (χ0) is 15.4. The van der Waals surface area contributed by atoms with E-state index >= 15 is 0 Å². The van der Waals surface area contributed by atoms with Crippen LogP contribution in [0, 0.1) is 13.8 Å². The quantitative estimate of drug-likeness (QED) is 0.796. The van der Waals surface area contributed by atoms with Crippen LogP contribution < -0.4 is 5.32 Å². The van der Waals surface area contributed by atoms with Gasteiger partial charge < -0.3 is 5.32 Å². The van der Waals surface area contributed by atoms with E-state index in [9.17, 15) is 4.79 Å². The number of anilines is 1. The number of rotatable bonds is 4. The van der Waals surface area contributed by atoms with Crippen LogP contribution in [0.1, 0.15) is 18.1 Å². The number of carbonyl (C=O) groups excluding carboxylic acids is 1. The molecule has 0 fully saturated rings. The maximum absolute atomic E-state index is 12.2. The summed E-state index contributed by atoms with van der Waals surface area (Å²) in [6.45, 7) is 5.94. The van der Waals surface area contributed by atoms with Crippen LogP contribution in [-0.4, -0.2) is 11.2 Å². The van der Waals surface area contributed by atoms with E-state index in [0.717, 1.165) is 21.7 Å². The van der Waals surface area contributed by atoms with Gasteiger partial charge in [0.05, 0.1) is 5.25 Å². The Morgan fingerprint density at radius 3 is 2.24 bits per heavy atom. The lowest BCUT2D eigenvalue weighted by Gasteiger charge is -2.13. The molecule has 0 heterocycles. The fourth-order valence-electron chi connectivity index (χ4n) is 2.06. The first-order valence-corrected chi connectivity index (χ1v) is 8.01. The largest absolute Gasteiger partial charge is 0.325 e. The zero-order valence-corrected chi connectivity index (χ0v) is 13.9. The summed E-state index contributed by atoms with van der Waals surface area (Å²) in [7, 11) is 0. The van der Waals surface area contributed by atoms with Gasteiger partial charge >= 0.3 is 0 Å². The van der Waals surface area contributed by atoms with Gasteiger partial charge in [-0.1, -0.05) is 17.7 Å². The third kappa shape index (κ3) is 4.80. The third-order valence-electron chi connectivity index (χ3n) is 2.98. The summed E-state index contributed by atoms with van der Waals surface area (Å²) in [5, 5.41) is 3.50. The van der Waals surface area contributed by atoms with Gasteiger partial charge in [-0.3, -0.25) is 4.79 Å². The summed E-state index contributed by atoms with van der Waals surface area (Å²) in [4.78, 5) is 13.3. The van der Waals surface area contributed by atoms with Gasteiger partial charge in [0.25, 0.3) is 0 Å². The fourth-order valence-corrected chi connectivity index (χ4v) is 3.05. The number of hydrogen-bond donors (Lipinski definition) is 1. The number of hydrogen-bond acceptors (Lipinski definition) is 2. The lowest BCUT2D eigenvalue weighted by molar-refractivity contribution is -0.115. The fraction of sp³-hybridized carbons (Fsp3) is 0.235. The number of thioether (sulfide) groups is 1. The summed E-state index contributed by atoms with van der Waals surface area (Å²) in [5.74, 6) is -0.0000463. The molecule has 1 atom stereocenters. The summed E-state index contributed by atoms with van der Waals surface area (Å²) >= 11 is 7.38. The van der Waals surface area contributed by atoms with Crippen LogP contribution in [0.25, 0.3) is 0 Å². The van der Waals surface area contributed by atoms with Crippen LogP contribution in [0.2, 0.25) is 5.02 Å². The van der Waals surface area contributed by atoms with Crippen LogP contribution in [0.3, 0.4) is 0 Å². The zero-order valence-electron chi connectivity index (χ0n) is 12.3. The van der Waals surface area contributed by atoms with E-state index in [-0.39, 0.29) is 11.2 Å². The van der Waals surface area contributed by atoms with Gasteiger partial charge in [0.15, 0.2) is 0 Å². The van der Waals surface area contributed by atoms with Crippen LogP contribution >= 0.6 is 23.4 Å². The van der Waals surface area contributed by atoms with E-state index in [2.05, 4.69) is 11.4 Å². The number of carbonyl (C=O) groups is 1. The molecule has 0 aliphatic heterocycles. The molecule has 2 aromatic rings. The lowest BCUT2D eigenvalue weighted by Crippen LogP contribution is -2.22. The molecule has 21 heavy (non-hydrogen) atoms. The van der Waals surface area contributed by atoms with E-state index in [1.807, 2.05) is 57.2 Å². The van der Waals surface area contributed by atoms with Crippen molar-refractivity contribution in [3.8, 4) is 0 Å². The predicted molar refractivity (Wildman–Crippen MR) is 91.3 cm³/mol. The average molecular weight is 320 g/mol. The second kappa shape index (κ2) is 7.01. The Hall–Kier alpha value is -1.45. The molecular formula is C17H18ClNOS. The molecule has 110 valence electrons. The van der Waals surface area contributed by atoms with Crippen LogP contribution in [-0.2, 0) is 4.79 Å². The molecule has 0 unspecified atom stereocenters. The number of aryl methyl sites for hydroxylation is 2. The maximum Gasteiger partial charge on any atom is 0.237 e. The van der Waals surface area contributed by atoms with E-state index in [1.165, 1.54) is 11.8 Å². The first kappa shape index (κ1) is 15.9. The molecule has 1 N–H and O–H groups in total. The molecule has 2 rings (SSSR count). The maximum atomic E-state index is 12.2. The van der Waals surface area contributed by atoms with Gasteiger partial charge in [0.1, 0.15) is 0 Å². The van der Waals surface area contributed by atoms with Gasteiger partial charge in [0, 0.05) is 15.6 Å². The Balaban J connectivity index is 2.00. The molecule has 1 amide bonds. The average Bonchev–Trinajstić information content (AvgIpc) is 2.40. The summed E-state index contributed by atoms with van der Waals surface area (Å²) in [6.07, 6.45) is 0. The second-order valence-corrected chi connectivity index (χ2v) is 6.93. The molecule has 0 bridgehead atoms. The smallest absolute Gasteiger partial charge is 0.237 e. The van der Waals surface area contributed by atoms with Crippen molar-refractivity contribution in [1.82, 2.24) is 0 Å². The van der Waals surface area contributed by atoms with Crippen LogP contribution in [0.5, 0.6) is 0 Å². The molecule has 4 heteroatoms. The topological polar surface area (TPSA) is 29.1 Å². The van der Waals surface area contributed by atoms with Crippen molar-refractivity contribution in [1.29, 1.82) is 0 Å². The van der Waals surface area contributed by atoms with Crippen molar-refractivity contribution in [3.05, 3.63) is 58.6 Å². The molecule has 0 aromatic heterocycles. The Kier molecular flexibility index (Phi) is 5.32. The summed E-state index contributed by atoms with van der Waals surface area (Å²) in [6, 6.07) is 13.6. The first-order valence-electron chi connectivity index (χ1n) is 6.75. The Morgan fingerprint density at radius 1 is 1.10 bits per heavy atom. The van der Waals surface area contributed by atoms with Crippen molar-refractivity contribution in [2.75, 3.05) is 5.32 Å². The predicted octanol–water partition coefficient (Wildman–Crippen LogP) is 5.08. The van der Waals surface area contributed by atoms with Crippen molar-refractivity contribution in [3.63, 3.8) is 0 Å². The molecule has 0 saturated carbocycles. The lowest BCUT2D eigenvalue weighted by atomic mass is 10.1. The van der Waals surface area contributed by atoms with Gasteiger partial charge in [-0.05, 0) is 68.3 Å². The van der Waals surface area contributed by atoms with Crippen molar-refractivity contribution >= 4 is 35.0 Å². The highest BCUT2D eigenvalue weighted by Gasteiger charge is 2.14. The van der Waals surface area contributed by atoms with Crippen LogP contribution in [0.15, 0.2) is 47.4 Å². The number of benzene rings is 2. The molecule has 2 nitrogen and oxygen atoms in total. The molecule has 0 radical (unpaired) electrons.